The maximum Gasteiger partial charge on any atom is 0.103 e. The Balaban J connectivity index is 3.06. The molecule has 0 aromatic heterocycles. The van der Waals surface area contributed by atoms with E-state index in [2.05, 4.69) is 11.8 Å². The first-order valence-electron chi connectivity index (χ1n) is 3.29. The summed E-state index contributed by atoms with van der Waals surface area (Å²) in [5.41, 5.74) is 5.12. The fourth-order valence-electron chi connectivity index (χ4n) is 0.511. The van der Waals surface area contributed by atoms with E-state index in [0.29, 0.717) is 6.42 Å². The Morgan fingerprint density at radius 2 is 2.22 bits per heavy atom. The van der Waals surface area contributed by atoms with Gasteiger partial charge in [0.05, 0.1) is 0 Å². The van der Waals surface area contributed by atoms with Gasteiger partial charge in [-0.1, -0.05) is 6.92 Å². The fraction of sp³-hybridized carbons (Fsp3) is 1.00. The van der Waals surface area contributed by atoms with Gasteiger partial charge in [-0.25, -0.2) is 0 Å². The van der Waals surface area contributed by atoms with Crippen molar-refractivity contribution in [3.8, 4) is 0 Å². The normalized spacial score (nSPS) is 14.3. The highest BCUT2D eigenvalue weighted by Crippen LogP contribution is 1.87. The molecule has 0 aromatic rings. The van der Waals surface area contributed by atoms with Crippen LogP contribution in [-0.4, -0.2) is 36.4 Å². The van der Waals surface area contributed by atoms with Gasteiger partial charge in [-0.05, 0) is 20.0 Å². The molecule has 0 amide bonds. The van der Waals surface area contributed by atoms with E-state index in [1.54, 1.807) is 0 Å². The molecule has 0 rings (SSSR count). The van der Waals surface area contributed by atoms with Crippen molar-refractivity contribution >= 4 is 0 Å². The number of hydrogen-bond acceptors (Lipinski definition) is 3. The summed E-state index contributed by atoms with van der Waals surface area (Å²) in [4.78, 5) is 2.11. The quantitative estimate of drug-likeness (QED) is 0.512. The number of rotatable bonds is 4. The van der Waals surface area contributed by atoms with Gasteiger partial charge in [0, 0.05) is 6.54 Å². The highest BCUT2D eigenvalue weighted by Gasteiger charge is 1.97. The molecule has 3 N–H and O–H groups in total. The first kappa shape index (κ1) is 8.88. The van der Waals surface area contributed by atoms with Crippen molar-refractivity contribution in [1.29, 1.82) is 0 Å². The molecule has 3 heteroatoms. The third kappa shape index (κ3) is 5.76. The fourth-order valence-corrected chi connectivity index (χ4v) is 0.511. The van der Waals surface area contributed by atoms with Gasteiger partial charge in [-0.3, -0.25) is 0 Å². The Labute approximate surface area is 56.5 Å². The van der Waals surface area contributed by atoms with Crippen molar-refractivity contribution in [3.05, 3.63) is 0 Å². The van der Waals surface area contributed by atoms with Crippen LogP contribution in [0.5, 0.6) is 0 Å². The van der Waals surface area contributed by atoms with Crippen LogP contribution in [0.25, 0.3) is 0 Å². The van der Waals surface area contributed by atoms with Crippen LogP contribution < -0.4 is 5.73 Å². The molecule has 0 aliphatic rings. The average Bonchev–Trinajstić information content (AvgIpc) is 1.83. The van der Waals surface area contributed by atoms with E-state index in [-0.39, 0.29) is 0 Å². The minimum absolute atomic E-state index is 0.654. The molecule has 1 unspecified atom stereocenters. The van der Waals surface area contributed by atoms with Gasteiger partial charge in [0.25, 0.3) is 0 Å². The largest absolute Gasteiger partial charge is 0.379 e. The van der Waals surface area contributed by atoms with E-state index in [1.807, 2.05) is 7.05 Å². The minimum atomic E-state index is -0.654. The second-order valence-electron chi connectivity index (χ2n) is 2.25. The third-order valence-electron chi connectivity index (χ3n) is 1.35. The summed E-state index contributed by atoms with van der Waals surface area (Å²) in [5.74, 6) is 0. The van der Waals surface area contributed by atoms with Crippen molar-refractivity contribution in [2.75, 3.05) is 20.1 Å². The summed E-state index contributed by atoms with van der Waals surface area (Å²) in [6.07, 6.45) is 0.00338. The topological polar surface area (TPSA) is 49.5 Å². The Morgan fingerprint density at radius 1 is 1.67 bits per heavy atom. The molecular formula is C6H16N2O. The maximum absolute atomic E-state index is 8.65. The number of hydrogen-bond donors (Lipinski definition) is 2. The molecular weight excluding hydrogens is 116 g/mol. The molecule has 3 nitrogen and oxygen atoms in total. The predicted molar refractivity (Wildman–Crippen MR) is 38.0 cm³/mol. The van der Waals surface area contributed by atoms with Crippen molar-refractivity contribution in [2.24, 2.45) is 5.73 Å². The number of aliphatic hydroxyl groups excluding tert-OH is 1. The second kappa shape index (κ2) is 4.73. The lowest BCUT2D eigenvalue weighted by atomic mass is 10.3. The van der Waals surface area contributed by atoms with Crippen LogP contribution >= 0.6 is 0 Å². The van der Waals surface area contributed by atoms with E-state index in [4.69, 9.17) is 10.8 Å². The summed E-state index contributed by atoms with van der Waals surface area (Å²) in [6, 6.07) is 0. The highest BCUT2D eigenvalue weighted by molar-refractivity contribution is 4.50. The molecule has 0 radical (unpaired) electrons. The molecule has 0 aliphatic heterocycles. The lowest BCUT2D eigenvalue weighted by molar-refractivity contribution is 0.155. The molecule has 1 atom stereocenters. The van der Waals surface area contributed by atoms with Crippen LogP contribution in [0.4, 0.5) is 0 Å². The van der Waals surface area contributed by atoms with Crippen LogP contribution in [0.2, 0.25) is 0 Å². The third-order valence-corrected chi connectivity index (χ3v) is 1.35. The zero-order valence-electron chi connectivity index (χ0n) is 6.17. The van der Waals surface area contributed by atoms with E-state index in [0.717, 1.165) is 13.1 Å². The molecule has 9 heavy (non-hydrogen) atoms. The Morgan fingerprint density at radius 3 is 2.56 bits per heavy atom. The van der Waals surface area contributed by atoms with Gasteiger partial charge in [-0.15, -0.1) is 0 Å². The minimum Gasteiger partial charge on any atom is -0.379 e. The summed E-state index contributed by atoms with van der Waals surface area (Å²) in [7, 11) is 2.00. The van der Waals surface area contributed by atoms with Crippen LogP contribution in [-0.2, 0) is 0 Å². The Hall–Kier alpha value is -0.120. The summed E-state index contributed by atoms with van der Waals surface area (Å²) >= 11 is 0. The SMILES string of the molecule is CCN(C)CCC(N)O. The van der Waals surface area contributed by atoms with Gasteiger partial charge in [-0.2, -0.15) is 0 Å². The van der Waals surface area contributed by atoms with Crippen LogP contribution in [0.3, 0.4) is 0 Å². The smallest absolute Gasteiger partial charge is 0.103 e. The lowest BCUT2D eigenvalue weighted by Crippen LogP contribution is -2.27. The Bertz CT molecular complexity index is 66.1. The van der Waals surface area contributed by atoms with E-state index < -0.39 is 6.23 Å². The highest BCUT2D eigenvalue weighted by atomic mass is 16.3. The van der Waals surface area contributed by atoms with Crippen molar-refractivity contribution in [2.45, 2.75) is 19.6 Å². The summed E-state index contributed by atoms with van der Waals surface area (Å²) in [5, 5.41) is 8.65. The van der Waals surface area contributed by atoms with Crippen molar-refractivity contribution < 1.29 is 5.11 Å². The average molecular weight is 132 g/mol. The second-order valence-corrected chi connectivity index (χ2v) is 2.25. The van der Waals surface area contributed by atoms with Gasteiger partial charge in [0.2, 0.25) is 0 Å². The maximum atomic E-state index is 8.65. The zero-order valence-corrected chi connectivity index (χ0v) is 6.17. The van der Waals surface area contributed by atoms with Gasteiger partial charge >= 0.3 is 0 Å². The monoisotopic (exact) mass is 132 g/mol. The van der Waals surface area contributed by atoms with Crippen LogP contribution in [0.15, 0.2) is 0 Å². The number of nitrogens with two attached hydrogens (primary N) is 1. The molecule has 56 valence electrons. The van der Waals surface area contributed by atoms with Crippen LogP contribution in [0, 0.1) is 0 Å². The van der Waals surface area contributed by atoms with Gasteiger partial charge in [0.15, 0.2) is 0 Å². The molecule has 0 saturated heterocycles. The summed E-state index contributed by atoms with van der Waals surface area (Å²) < 4.78 is 0. The van der Waals surface area contributed by atoms with E-state index in [1.165, 1.54) is 0 Å². The molecule has 0 aliphatic carbocycles. The van der Waals surface area contributed by atoms with E-state index >= 15 is 0 Å². The van der Waals surface area contributed by atoms with E-state index in [9.17, 15) is 0 Å². The van der Waals surface area contributed by atoms with Crippen molar-refractivity contribution in [1.82, 2.24) is 4.90 Å². The molecule has 0 spiro atoms. The molecule has 0 aromatic carbocycles. The lowest BCUT2D eigenvalue weighted by Gasteiger charge is -2.13. The molecule has 0 heterocycles. The van der Waals surface area contributed by atoms with Gasteiger partial charge < -0.3 is 15.7 Å². The molecule has 0 fully saturated rings. The molecule has 0 bridgehead atoms. The van der Waals surface area contributed by atoms with Gasteiger partial charge in [0.1, 0.15) is 6.23 Å². The standard InChI is InChI=1S/C6H16N2O/c1-3-8(2)5-4-6(7)9/h6,9H,3-5,7H2,1-2H3. The first-order chi connectivity index (χ1) is 4.16. The molecule has 0 saturated carbocycles. The Kier molecular flexibility index (Phi) is 4.67. The predicted octanol–water partition coefficient (Wildman–Crippen LogP) is -0.395. The number of nitrogens with zero attached hydrogens (tertiary/aromatic N) is 1. The summed E-state index contributed by atoms with van der Waals surface area (Å²) in [6.45, 7) is 3.95. The van der Waals surface area contributed by atoms with Crippen molar-refractivity contribution in [3.63, 3.8) is 0 Å². The zero-order chi connectivity index (χ0) is 7.28. The van der Waals surface area contributed by atoms with Crippen LogP contribution in [0.1, 0.15) is 13.3 Å². The number of aliphatic hydroxyl groups is 1. The first-order valence-corrected chi connectivity index (χ1v) is 3.29.